The SMILES string of the molecule is CN(C)Cc1ccc(C(N)=O)cc1N[C@@H]1[C@@H]2CCO[C@H]2C12CCC2. The van der Waals surface area contributed by atoms with Crippen LogP contribution in [-0.2, 0) is 11.3 Å². The molecule has 3 aliphatic rings. The summed E-state index contributed by atoms with van der Waals surface area (Å²) in [6, 6.07) is 6.24. The minimum Gasteiger partial charge on any atom is -0.381 e. The van der Waals surface area contributed by atoms with E-state index in [1.807, 2.05) is 18.2 Å². The third-order valence-electron chi connectivity index (χ3n) is 6.23. The van der Waals surface area contributed by atoms with Crippen LogP contribution in [0.5, 0.6) is 0 Å². The zero-order valence-corrected chi connectivity index (χ0v) is 14.5. The summed E-state index contributed by atoms with van der Waals surface area (Å²) in [5.74, 6) is 0.234. The summed E-state index contributed by atoms with van der Waals surface area (Å²) in [6.07, 6.45) is 5.40. The van der Waals surface area contributed by atoms with E-state index in [0.29, 0.717) is 29.0 Å². The third kappa shape index (κ3) is 2.33. The lowest BCUT2D eigenvalue weighted by atomic mass is 9.46. The Morgan fingerprint density at radius 1 is 1.42 bits per heavy atom. The number of rotatable bonds is 5. The van der Waals surface area contributed by atoms with Gasteiger partial charge < -0.3 is 20.7 Å². The molecular weight excluding hydrogens is 302 g/mol. The van der Waals surface area contributed by atoms with E-state index < -0.39 is 0 Å². The van der Waals surface area contributed by atoms with Crippen LogP contribution in [0.15, 0.2) is 18.2 Å². The van der Waals surface area contributed by atoms with Crippen molar-refractivity contribution in [1.82, 2.24) is 4.90 Å². The minimum absolute atomic E-state index is 0.319. The summed E-state index contributed by atoms with van der Waals surface area (Å²) in [7, 11) is 4.12. The second-order valence-electron chi connectivity index (χ2n) is 7.93. The van der Waals surface area contributed by atoms with Gasteiger partial charge in [0.1, 0.15) is 0 Å². The molecule has 2 saturated carbocycles. The van der Waals surface area contributed by atoms with E-state index >= 15 is 0 Å². The van der Waals surface area contributed by atoms with Crippen molar-refractivity contribution in [3.63, 3.8) is 0 Å². The summed E-state index contributed by atoms with van der Waals surface area (Å²) < 4.78 is 6.01. The molecule has 1 saturated heterocycles. The maximum absolute atomic E-state index is 11.6. The molecule has 3 N–H and O–H groups in total. The summed E-state index contributed by atoms with van der Waals surface area (Å²) in [5.41, 5.74) is 8.65. The fourth-order valence-corrected chi connectivity index (χ4v) is 4.97. The fourth-order valence-electron chi connectivity index (χ4n) is 4.97. The molecule has 3 fully saturated rings. The molecule has 2 aliphatic carbocycles. The molecule has 1 aliphatic heterocycles. The molecule has 24 heavy (non-hydrogen) atoms. The lowest BCUT2D eigenvalue weighted by Crippen LogP contribution is -2.68. The first-order chi connectivity index (χ1) is 11.5. The Morgan fingerprint density at radius 2 is 2.21 bits per heavy atom. The number of nitrogens with one attached hydrogen (secondary N) is 1. The second kappa shape index (κ2) is 5.74. The van der Waals surface area contributed by atoms with E-state index in [9.17, 15) is 4.79 Å². The number of hydrogen-bond donors (Lipinski definition) is 2. The number of ether oxygens (including phenoxy) is 1. The number of fused-ring (bicyclic) bond motifs is 2. The van der Waals surface area contributed by atoms with Gasteiger partial charge in [-0.3, -0.25) is 4.79 Å². The van der Waals surface area contributed by atoms with Crippen molar-refractivity contribution >= 4 is 11.6 Å². The van der Waals surface area contributed by atoms with E-state index in [-0.39, 0.29) is 5.91 Å². The van der Waals surface area contributed by atoms with E-state index in [1.165, 1.54) is 24.8 Å². The number of nitrogens with two attached hydrogens (primary N) is 1. The van der Waals surface area contributed by atoms with Crippen LogP contribution in [-0.4, -0.2) is 43.7 Å². The van der Waals surface area contributed by atoms with Crippen molar-refractivity contribution in [2.24, 2.45) is 17.1 Å². The van der Waals surface area contributed by atoms with Crippen molar-refractivity contribution in [2.75, 3.05) is 26.0 Å². The van der Waals surface area contributed by atoms with E-state index in [4.69, 9.17) is 10.5 Å². The van der Waals surface area contributed by atoms with Gasteiger partial charge in [0.2, 0.25) is 5.91 Å². The summed E-state index contributed by atoms with van der Waals surface area (Å²) >= 11 is 0. The van der Waals surface area contributed by atoms with Gasteiger partial charge in [0.25, 0.3) is 0 Å². The van der Waals surface area contributed by atoms with Gasteiger partial charge in [-0.25, -0.2) is 0 Å². The Labute approximate surface area is 143 Å². The van der Waals surface area contributed by atoms with Crippen LogP contribution >= 0.6 is 0 Å². The molecule has 0 radical (unpaired) electrons. The number of carbonyl (C=O) groups is 1. The van der Waals surface area contributed by atoms with Crippen molar-refractivity contribution in [2.45, 2.75) is 44.4 Å². The molecule has 1 amide bonds. The van der Waals surface area contributed by atoms with Crippen LogP contribution in [0.4, 0.5) is 5.69 Å². The third-order valence-corrected chi connectivity index (χ3v) is 6.23. The van der Waals surface area contributed by atoms with Crippen LogP contribution in [0, 0.1) is 11.3 Å². The molecule has 130 valence electrons. The Balaban J connectivity index is 1.62. The standard InChI is InChI=1S/C19H27N3O2/c1-22(2)11-13-5-4-12(18(20)23)10-15(13)21-16-14-6-9-24-17(14)19(16)7-3-8-19/h4-5,10,14,16-17,21H,3,6-9,11H2,1-2H3,(H2,20,23)/t14-,16+,17+/m0/s1. The Morgan fingerprint density at radius 3 is 2.83 bits per heavy atom. The zero-order chi connectivity index (χ0) is 16.9. The highest BCUT2D eigenvalue weighted by Crippen LogP contribution is 2.63. The van der Waals surface area contributed by atoms with Crippen LogP contribution in [0.1, 0.15) is 41.6 Å². The second-order valence-corrected chi connectivity index (χ2v) is 7.93. The summed E-state index contributed by atoms with van der Waals surface area (Å²) in [6.45, 7) is 1.73. The van der Waals surface area contributed by atoms with Crippen molar-refractivity contribution < 1.29 is 9.53 Å². The maximum Gasteiger partial charge on any atom is 0.248 e. The molecule has 0 bridgehead atoms. The van der Waals surface area contributed by atoms with Gasteiger partial charge >= 0.3 is 0 Å². The Bertz CT molecular complexity index is 654. The van der Waals surface area contributed by atoms with Gasteiger partial charge in [-0.15, -0.1) is 0 Å². The number of primary amides is 1. The first-order valence-corrected chi connectivity index (χ1v) is 8.97. The van der Waals surface area contributed by atoms with Crippen LogP contribution in [0.2, 0.25) is 0 Å². The van der Waals surface area contributed by atoms with E-state index in [0.717, 1.165) is 25.3 Å². The van der Waals surface area contributed by atoms with E-state index in [2.05, 4.69) is 24.3 Å². The summed E-state index contributed by atoms with van der Waals surface area (Å²) in [4.78, 5) is 13.7. The van der Waals surface area contributed by atoms with Crippen molar-refractivity contribution in [3.05, 3.63) is 29.3 Å². The number of benzene rings is 1. The fraction of sp³-hybridized carbons (Fsp3) is 0.632. The Kier molecular flexibility index (Phi) is 3.81. The molecule has 5 heteroatoms. The van der Waals surface area contributed by atoms with Crippen molar-refractivity contribution in [3.8, 4) is 0 Å². The van der Waals surface area contributed by atoms with Gasteiger partial charge in [0.05, 0.1) is 6.10 Å². The molecule has 4 rings (SSSR count). The predicted molar refractivity (Wildman–Crippen MR) is 93.9 cm³/mol. The number of amides is 1. The van der Waals surface area contributed by atoms with Crippen LogP contribution in [0.3, 0.4) is 0 Å². The van der Waals surface area contributed by atoms with Crippen LogP contribution in [0.25, 0.3) is 0 Å². The average Bonchev–Trinajstić information content (AvgIpc) is 2.89. The molecule has 1 aromatic rings. The zero-order valence-electron chi connectivity index (χ0n) is 14.5. The highest BCUT2D eigenvalue weighted by Gasteiger charge is 2.66. The number of hydrogen-bond acceptors (Lipinski definition) is 4. The number of anilines is 1. The van der Waals surface area contributed by atoms with Gasteiger partial charge in [-0.1, -0.05) is 12.5 Å². The monoisotopic (exact) mass is 329 g/mol. The number of nitrogens with zero attached hydrogens (tertiary/aromatic N) is 1. The number of carbonyl (C=O) groups excluding carboxylic acids is 1. The molecular formula is C19H27N3O2. The molecule has 1 spiro atoms. The highest BCUT2D eigenvalue weighted by atomic mass is 16.5. The molecule has 0 aromatic heterocycles. The molecule has 3 atom stereocenters. The van der Waals surface area contributed by atoms with Gasteiger partial charge in [-0.2, -0.15) is 0 Å². The average molecular weight is 329 g/mol. The quantitative estimate of drug-likeness (QED) is 0.869. The molecule has 1 aromatic carbocycles. The lowest BCUT2D eigenvalue weighted by Gasteiger charge is -2.63. The Hall–Kier alpha value is -1.59. The van der Waals surface area contributed by atoms with Crippen LogP contribution < -0.4 is 11.1 Å². The normalized spacial score (nSPS) is 29.9. The summed E-state index contributed by atoms with van der Waals surface area (Å²) in [5, 5.41) is 3.80. The largest absolute Gasteiger partial charge is 0.381 e. The smallest absolute Gasteiger partial charge is 0.248 e. The maximum atomic E-state index is 11.6. The molecule has 5 nitrogen and oxygen atoms in total. The lowest BCUT2D eigenvalue weighted by molar-refractivity contribution is -0.158. The minimum atomic E-state index is -0.372. The first kappa shape index (κ1) is 15.9. The van der Waals surface area contributed by atoms with Gasteiger partial charge in [0, 0.05) is 41.8 Å². The topological polar surface area (TPSA) is 67.6 Å². The molecule has 1 heterocycles. The van der Waals surface area contributed by atoms with Gasteiger partial charge in [-0.05, 0) is 51.1 Å². The van der Waals surface area contributed by atoms with Crippen molar-refractivity contribution in [1.29, 1.82) is 0 Å². The molecule has 0 unspecified atom stereocenters. The highest BCUT2D eigenvalue weighted by molar-refractivity contribution is 5.94. The predicted octanol–water partition coefficient (Wildman–Crippen LogP) is 2.22. The first-order valence-electron chi connectivity index (χ1n) is 8.97. The van der Waals surface area contributed by atoms with E-state index in [1.54, 1.807) is 0 Å². The van der Waals surface area contributed by atoms with Gasteiger partial charge in [0.15, 0.2) is 0 Å².